The molecule has 1 amide bonds. The predicted octanol–water partition coefficient (Wildman–Crippen LogP) is 6.82. The number of hydrogen-bond donors (Lipinski definition) is 2. The summed E-state index contributed by atoms with van der Waals surface area (Å²) in [5.74, 6) is 7.25. The molecule has 158 valence electrons. The first kappa shape index (κ1) is 21.5. The molecule has 1 aliphatic rings. The van der Waals surface area contributed by atoms with E-state index < -0.39 is 0 Å². The Morgan fingerprint density at radius 1 is 1.13 bits per heavy atom. The highest BCUT2D eigenvalue weighted by Gasteiger charge is 2.10. The molecule has 1 fully saturated rings. The Hall–Kier alpha value is -2.75. The standard InChI is InChI=1S/C25H25N3OS2/c1-18(29)26-25-27-24(17-30-25)21-8-5-9-22(16-21)28-31-23-14-12-20(13-15-23)11-10-19-6-3-2-4-7-19/h5,8-9,12-17,19,28H,2-4,6-7H2,1H3,(H,26,27,29). The van der Waals surface area contributed by atoms with Gasteiger partial charge in [0.25, 0.3) is 0 Å². The average Bonchev–Trinajstić information content (AvgIpc) is 3.26. The molecule has 4 rings (SSSR count). The van der Waals surface area contributed by atoms with Crippen molar-refractivity contribution in [3.63, 3.8) is 0 Å². The number of carbonyl (C=O) groups is 1. The monoisotopic (exact) mass is 447 g/mol. The maximum Gasteiger partial charge on any atom is 0.223 e. The number of rotatable bonds is 5. The molecule has 0 radical (unpaired) electrons. The number of anilines is 2. The van der Waals surface area contributed by atoms with E-state index in [0.717, 1.165) is 27.4 Å². The van der Waals surface area contributed by atoms with E-state index >= 15 is 0 Å². The number of amides is 1. The van der Waals surface area contributed by atoms with Crippen LogP contribution in [0.5, 0.6) is 0 Å². The lowest BCUT2D eigenvalue weighted by molar-refractivity contribution is -0.114. The van der Waals surface area contributed by atoms with Crippen LogP contribution in [0, 0.1) is 17.8 Å². The van der Waals surface area contributed by atoms with E-state index in [1.54, 1.807) is 11.9 Å². The van der Waals surface area contributed by atoms with Crippen LogP contribution in [0.15, 0.2) is 58.8 Å². The van der Waals surface area contributed by atoms with Gasteiger partial charge in [0.1, 0.15) is 0 Å². The minimum atomic E-state index is -0.112. The summed E-state index contributed by atoms with van der Waals surface area (Å²) in [6, 6.07) is 16.5. The van der Waals surface area contributed by atoms with Crippen molar-refractivity contribution in [2.45, 2.75) is 43.9 Å². The predicted molar refractivity (Wildman–Crippen MR) is 131 cm³/mol. The van der Waals surface area contributed by atoms with Crippen LogP contribution in [0.4, 0.5) is 10.8 Å². The van der Waals surface area contributed by atoms with E-state index in [9.17, 15) is 4.79 Å². The first-order valence-corrected chi connectivity index (χ1v) is 12.2. The fourth-order valence-corrected chi connectivity index (χ4v) is 4.91. The van der Waals surface area contributed by atoms with E-state index in [-0.39, 0.29) is 5.91 Å². The molecule has 0 bridgehead atoms. The highest BCUT2D eigenvalue weighted by atomic mass is 32.2. The minimum absolute atomic E-state index is 0.112. The van der Waals surface area contributed by atoms with Gasteiger partial charge in [0.2, 0.25) is 5.91 Å². The van der Waals surface area contributed by atoms with Crippen molar-refractivity contribution in [1.82, 2.24) is 4.98 Å². The number of carbonyl (C=O) groups excluding carboxylic acids is 1. The molecule has 0 spiro atoms. The average molecular weight is 448 g/mol. The molecular weight excluding hydrogens is 422 g/mol. The van der Waals surface area contributed by atoms with E-state index in [1.807, 2.05) is 23.6 Å². The number of benzene rings is 2. The van der Waals surface area contributed by atoms with Crippen LogP contribution in [0.3, 0.4) is 0 Å². The molecule has 3 aromatic rings. The van der Waals surface area contributed by atoms with Gasteiger partial charge in [-0.3, -0.25) is 4.79 Å². The molecule has 1 heterocycles. The summed E-state index contributed by atoms with van der Waals surface area (Å²) in [6.45, 7) is 1.48. The molecule has 1 aromatic heterocycles. The van der Waals surface area contributed by atoms with Crippen molar-refractivity contribution in [3.05, 3.63) is 59.5 Å². The molecule has 1 saturated carbocycles. The van der Waals surface area contributed by atoms with Gasteiger partial charge in [0, 0.05) is 39.9 Å². The van der Waals surface area contributed by atoms with Gasteiger partial charge < -0.3 is 10.0 Å². The van der Waals surface area contributed by atoms with Crippen LogP contribution < -0.4 is 10.0 Å². The number of aromatic nitrogens is 1. The van der Waals surface area contributed by atoms with Crippen LogP contribution in [-0.2, 0) is 4.79 Å². The Morgan fingerprint density at radius 3 is 2.71 bits per heavy atom. The summed E-state index contributed by atoms with van der Waals surface area (Å²) in [5, 5.41) is 5.29. The van der Waals surface area contributed by atoms with Crippen LogP contribution in [-0.4, -0.2) is 10.9 Å². The third kappa shape index (κ3) is 6.36. The summed E-state index contributed by atoms with van der Waals surface area (Å²) in [6.07, 6.45) is 6.50. The van der Waals surface area contributed by atoms with Crippen molar-refractivity contribution < 1.29 is 4.79 Å². The van der Waals surface area contributed by atoms with E-state index in [2.05, 4.69) is 57.2 Å². The lowest BCUT2D eigenvalue weighted by atomic mass is 9.90. The molecule has 0 aliphatic heterocycles. The topological polar surface area (TPSA) is 54.0 Å². The lowest BCUT2D eigenvalue weighted by Crippen LogP contribution is -2.04. The van der Waals surface area contributed by atoms with Gasteiger partial charge in [-0.25, -0.2) is 4.98 Å². The summed E-state index contributed by atoms with van der Waals surface area (Å²) >= 11 is 3.00. The normalized spacial score (nSPS) is 13.8. The fourth-order valence-electron chi connectivity index (χ4n) is 3.51. The smallest absolute Gasteiger partial charge is 0.223 e. The molecule has 0 unspecified atom stereocenters. The Labute approximate surface area is 192 Å². The second-order valence-corrected chi connectivity index (χ2v) is 9.37. The number of nitrogens with zero attached hydrogens (tertiary/aromatic N) is 1. The Bertz CT molecular complexity index is 1090. The van der Waals surface area contributed by atoms with Crippen LogP contribution in [0.1, 0.15) is 44.6 Å². The van der Waals surface area contributed by atoms with Gasteiger partial charge in [-0.15, -0.1) is 11.3 Å². The fraction of sp³-hybridized carbons (Fsp3) is 0.280. The molecule has 0 saturated heterocycles. The first-order valence-electron chi connectivity index (χ1n) is 10.5. The third-order valence-electron chi connectivity index (χ3n) is 5.11. The zero-order valence-electron chi connectivity index (χ0n) is 17.5. The number of hydrogen-bond acceptors (Lipinski definition) is 5. The highest BCUT2D eigenvalue weighted by molar-refractivity contribution is 8.00. The second-order valence-electron chi connectivity index (χ2n) is 7.63. The van der Waals surface area contributed by atoms with Crippen molar-refractivity contribution in [1.29, 1.82) is 0 Å². The molecule has 2 aromatic carbocycles. The Morgan fingerprint density at radius 2 is 1.94 bits per heavy atom. The van der Waals surface area contributed by atoms with Crippen molar-refractivity contribution in [3.8, 4) is 23.1 Å². The number of nitrogens with one attached hydrogen (secondary N) is 2. The van der Waals surface area contributed by atoms with Gasteiger partial charge in [-0.05, 0) is 61.2 Å². The van der Waals surface area contributed by atoms with E-state index in [0.29, 0.717) is 11.0 Å². The first-order chi connectivity index (χ1) is 15.2. The zero-order chi connectivity index (χ0) is 21.5. The van der Waals surface area contributed by atoms with Gasteiger partial charge >= 0.3 is 0 Å². The number of thiazole rings is 1. The van der Waals surface area contributed by atoms with Gasteiger partial charge in [0.15, 0.2) is 5.13 Å². The van der Waals surface area contributed by atoms with Gasteiger partial charge in [0.05, 0.1) is 5.69 Å². The minimum Gasteiger partial charge on any atom is -0.326 e. The molecule has 1 aliphatic carbocycles. The molecule has 2 N–H and O–H groups in total. The van der Waals surface area contributed by atoms with Crippen molar-refractivity contribution in [2.24, 2.45) is 5.92 Å². The van der Waals surface area contributed by atoms with Crippen molar-refractivity contribution >= 4 is 40.0 Å². The summed E-state index contributed by atoms with van der Waals surface area (Å²) in [4.78, 5) is 16.8. The zero-order valence-corrected chi connectivity index (χ0v) is 19.1. The van der Waals surface area contributed by atoms with E-state index in [1.165, 1.54) is 50.4 Å². The second kappa shape index (κ2) is 10.5. The largest absolute Gasteiger partial charge is 0.326 e. The Kier molecular flexibility index (Phi) is 7.29. The molecule has 6 heteroatoms. The lowest BCUT2D eigenvalue weighted by Gasteiger charge is -2.15. The SMILES string of the molecule is CC(=O)Nc1nc(-c2cccc(NSc3ccc(C#CC4CCCCC4)cc3)c2)cs1. The van der Waals surface area contributed by atoms with E-state index in [4.69, 9.17) is 0 Å². The summed E-state index contributed by atoms with van der Waals surface area (Å²) in [7, 11) is 0. The molecule has 4 nitrogen and oxygen atoms in total. The molecule has 0 atom stereocenters. The Balaban J connectivity index is 1.35. The van der Waals surface area contributed by atoms with Gasteiger partial charge in [-0.1, -0.05) is 43.2 Å². The van der Waals surface area contributed by atoms with Gasteiger partial charge in [-0.2, -0.15) is 0 Å². The summed E-state index contributed by atoms with van der Waals surface area (Å²) in [5.41, 5.74) is 3.93. The van der Waals surface area contributed by atoms with Crippen molar-refractivity contribution in [2.75, 3.05) is 10.0 Å². The maximum atomic E-state index is 11.2. The quantitative estimate of drug-likeness (QED) is 0.333. The molecule has 31 heavy (non-hydrogen) atoms. The molecular formula is C25H25N3OS2. The van der Waals surface area contributed by atoms with Crippen LogP contribution in [0.25, 0.3) is 11.3 Å². The third-order valence-corrected chi connectivity index (χ3v) is 6.72. The van der Waals surface area contributed by atoms with Crippen LogP contribution in [0.2, 0.25) is 0 Å². The highest BCUT2D eigenvalue weighted by Crippen LogP contribution is 2.29. The summed E-state index contributed by atoms with van der Waals surface area (Å²) < 4.78 is 3.40. The maximum absolute atomic E-state index is 11.2. The van der Waals surface area contributed by atoms with Crippen LogP contribution >= 0.6 is 23.3 Å².